The molecule has 1 aromatic carbocycles. The molecule has 2 aliphatic rings. The fraction of sp³-hybridized carbons (Fsp3) is 0.500. The summed E-state index contributed by atoms with van der Waals surface area (Å²) in [6, 6.07) is 5.51. The van der Waals surface area contributed by atoms with Gasteiger partial charge in [0.25, 0.3) is 5.91 Å². The van der Waals surface area contributed by atoms with E-state index in [1.54, 1.807) is 4.90 Å². The molecule has 2 fully saturated rings. The number of aromatic nitrogens is 1. The van der Waals surface area contributed by atoms with Gasteiger partial charge < -0.3 is 19.9 Å². The number of sulfonamides is 1. The highest BCUT2D eigenvalue weighted by Gasteiger charge is 2.27. The molecular weight excluding hydrogens is 448 g/mol. The highest BCUT2D eigenvalue weighted by Crippen LogP contribution is 2.23. The van der Waals surface area contributed by atoms with Gasteiger partial charge in [0.2, 0.25) is 21.5 Å². The number of amides is 2. The Kier molecular flexibility index (Phi) is 7.11. The zero-order valence-corrected chi connectivity index (χ0v) is 19.2. The van der Waals surface area contributed by atoms with Gasteiger partial charge in [-0.2, -0.15) is 4.31 Å². The van der Waals surface area contributed by atoms with Crippen molar-refractivity contribution in [2.75, 3.05) is 45.9 Å². The van der Waals surface area contributed by atoms with Crippen LogP contribution in [0.15, 0.2) is 34.0 Å². The van der Waals surface area contributed by atoms with Crippen LogP contribution in [0, 0.1) is 0 Å². The number of likely N-dealkylation sites (tertiary alicyclic amines) is 1. The summed E-state index contributed by atoms with van der Waals surface area (Å²) < 4.78 is 32.7. The molecule has 0 unspecified atom stereocenters. The first-order valence-corrected chi connectivity index (χ1v) is 12.6. The second-order valence-corrected chi connectivity index (χ2v) is 10.2. The molecule has 0 aliphatic carbocycles. The number of hydrogen-bond donors (Lipinski definition) is 2. The van der Waals surface area contributed by atoms with E-state index in [2.05, 4.69) is 10.3 Å². The molecule has 2 N–H and O–H groups in total. The highest BCUT2D eigenvalue weighted by atomic mass is 32.2. The van der Waals surface area contributed by atoms with Crippen molar-refractivity contribution in [3.8, 4) is 0 Å². The van der Waals surface area contributed by atoms with Crippen LogP contribution < -0.4 is 10.9 Å². The van der Waals surface area contributed by atoms with E-state index < -0.39 is 21.5 Å². The van der Waals surface area contributed by atoms with Gasteiger partial charge in [0, 0.05) is 56.1 Å². The average molecular weight is 477 g/mol. The summed E-state index contributed by atoms with van der Waals surface area (Å²) in [5, 5.41) is 3.11. The number of nitrogens with one attached hydrogen (secondary N) is 2. The van der Waals surface area contributed by atoms with Crippen molar-refractivity contribution < 1.29 is 22.7 Å². The van der Waals surface area contributed by atoms with Crippen LogP contribution in [0.25, 0.3) is 10.9 Å². The molecule has 178 valence electrons. The largest absolute Gasteiger partial charge is 0.379 e. The number of rotatable bonds is 6. The van der Waals surface area contributed by atoms with E-state index in [-0.39, 0.29) is 36.0 Å². The van der Waals surface area contributed by atoms with Gasteiger partial charge in [0.05, 0.1) is 23.7 Å². The van der Waals surface area contributed by atoms with Gasteiger partial charge >= 0.3 is 0 Å². The fourth-order valence-corrected chi connectivity index (χ4v) is 5.63. The molecule has 0 atom stereocenters. The quantitative estimate of drug-likeness (QED) is 0.631. The summed E-state index contributed by atoms with van der Waals surface area (Å²) >= 11 is 0. The average Bonchev–Trinajstić information content (AvgIpc) is 3.02. The SMILES string of the molecule is O=C(NCCN1CCCCCC1=O)c1cc(=O)[nH]c2ccc(S(=O)(=O)N3CCOCC3)cc12. The van der Waals surface area contributed by atoms with Gasteiger partial charge in [0.1, 0.15) is 0 Å². The number of carbonyl (C=O) groups is 2. The van der Waals surface area contributed by atoms with Crippen LogP contribution in [-0.2, 0) is 19.6 Å². The Morgan fingerprint density at radius 2 is 1.85 bits per heavy atom. The minimum Gasteiger partial charge on any atom is -0.379 e. The lowest BCUT2D eigenvalue weighted by Gasteiger charge is -2.26. The molecule has 11 heteroatoms. The summed E-state index contributed by atoms with van der Waals surface area (Å²) in [6.07, 6.45) is 3.37. The van der Waals surface area contributed by atoms with E-state index in [1.165, 1.54) is 28.6 Å². The maximum absolute atomic E-state index is 13.0. The second kappa shape index (κ2) is 10.0. The Morgan fingerprint density at radius 3 is 2.64 bits per heavy atom. The zero-order valence-electron chi connectivity index (χ0n) is 18.3. The van der Waals surface area contributed by atoms with Crippen LogP contribution in [0.4, 0.5) is 0 Å². The van der Waals surface area contributed by atoms with Gasteiger partial charge in [-0.05, 0) is 31.0 Å². The molecule has 3 heterocycles. The van der Waals surface area contributed by atoms with E-state index >= 15 is 0 Å². The molecular formula is C22H28N4O6S. The van der Waals surface area contributed by atoms with E-state index in [0.717, 1.165) is 19.3 Å². The third kappa shape index (κ3) is 5.26. The van der Waals surface area contributed by atoms with E-state index in [0.29, 0.717) is 43.6 Å². The Hall–Kier alpha value is -2.76. The molecule has 0 spiro atoms. The molecule has 0 radical (unpaired) electrons. The number of ether oxygens (including phenoxy) is 1. The van der Waals surface area contributed by atoms with Crippen LogP contribution in [0.1, 0.15) is 36.0 Å². The first-order chi connectivity index (χ1) is 15.9. The van der Waals surface area contributed by atoms with Crippen molar-refractivity contribution in [3.05, 3.63) is 40.2 Å². The molecule has 10 nitrogen and oxygen atoms in total. The predicted molar refractivity (Wildman–Crippen MR) is 122 cm³/mol. The standard InChI is InChI=1S/C22H28N4O6S/c27-20-15-18(22(29)23-7-9-25-8-3-1-2-4-21(25)28)17-14-16(5-6-19(17)24-20)33(30,31)26-10-12-32-13-11-26/h5-6,14-15H,1-4,7-13H2,(H,23,29)(H,24,27). The summed E-state index contributed by atoms with van der Waals surface area (Å²) in [7, 11) is -3.76. The second-order valence-electron chi connectivity index (χ2n) is 8.22. The highest BCUT2D eigenvalue weighted by molar-refractivity contribution is 7.89. The Bertz CT molecular complexity index is 1200. The monoisotopic (exact) mass is 476 g/mol. The fourth-order valence-electron chi connectivity index (χ4n) is 4.19. The number of pyridine rings is 1. The third-order valence-corrected chi connectivity index (χ3v) is 7.90. The first-order valence-electron chi connectivity index (χ1n) is 11.2. The Morgan fingerprint density at radius 1 is 1.06 bits per heavy atom. The molecule has 33 heavy (non-hydrogen) atoms. The van der Waals surface area contributed by atoms with Crippen LogP contribution >= 0.6 is 0 Å². The minimum atomic E-state index is -3.76. The number of carbonyl (C=O) groups excluding carboxylic acids is 2. The maximum Gasteiger partial charge on any atom is 0.252 e. The van der Waals surface area contributed by atoms with Gasteiger partial charge in [-0.15, -0.1) is 0 Å². The number of hydrogen-bond acceptors (Lipinski definition) is 6. The van der Waals surface area contributed by atoms with Crippen LogP contribution in [0.2, 0.25) is 0 Å². The lowest BCUT2D eigenvalue weighted by atomic mass is 10.1. The summed E-state index contributed by atoms with van der Waals surface area (Å²) in [4.78, 5) is 41.6. The summed E-state index contributed by atoms with van der Waals surface area (Å²) in [6.45, 7) is 2.47. The number of nitrogens with zero attached hydrogens (tertiary/aromatic N) is 2. The van der Waals surface area contributed by atoms with Gasteiger partial charge in [0.15, 0.2) is 0 Å². The van der Waals surface area contributed by atoms with E-state index in [9.17, 15) is 22.8 Å². The first kappa shape index (κ1) is 23.4. The van der Waals surface area contributed by atoms with E-state index in [1.807, 2.05) is 0 Å². The molecule has 1 aromatic heterocycles. The summed E-state index contributed by atoms with van der Waals surface area (Å²) in [5.41, 5.74) is 0.00498. The molecule has 2 saturated heterocycles. The lowest BCUT2D eigenvalue weighted by Crippen LogP contribution is -2.40. The number of fused-ring (bicyclic) bond motifs is 1. The molecule has 2 aliphatic heterocycles. The van der Waals surface area contributed by atoms with Gasteiger partial charge in [-0.1, -0.05) is 6.42 Å². The normalized spacial score (nSPS) is 18.3. The molecule has 0 bridgehead atoms. The number of morpholine rings is 1. The van der Waals surface area contributed by atoms with Crippen molar-refractivity contribution in [3.63, 3.8) is 0 Å². The van der Waals surface area contributed by atoms with Crippen LogP contribution in [0.5, 0.6) is 0 Å². The Balaban J connectivity index is 1.56. The van der Waals surface area contributed by atoms with Gasteiger partial charge in [-0.3, -0.25) is 14.4 Å². The van der Waals surface area contributed by atoms with Crippen molar-refractivity contribution in [2.45, 2.75) is 30.6 Å². The predicted octanol–water partition coefficient (Wildman–Crippen LogP) is 0.681. The smallest absolute Gasteiger partial charge is 0.252 e. The maximum atomic E-state index is 13.0. The number of H-pyrrole nitrogens is 1. The third-order valence-electron chi connectivity index (χ3n) is 6.01. The van der Waals surface area contributed by atoms with Crippen molar-refractivity contribution in [1.29, 1.82) is 0 Å². The van der Waals surface area contributed by atoms with Crippen molar-refractivity contribution >= 4 is 32.7 Å². The minimum absolute atomic E-state index is 0.0492. The summed E-state index contributed by atoms with van der Waals surface area (Å²) in [5.74, 6) is -0.407. The van der Waals surface area contributed by atoms with Crippen molar-refractivity contribution in [1.82, 2.24) is 19.5 Å². The van der Waals surface area contributed by atoms with Crippen LogP contribution in [0.3, 0.4) is 0 Å². The number of aromatic amines is 1. The van der Waals surface area contributed by atoms with Gasteiger partial charge in [-0.25, -0.2) is 8.42 Å². The zero-order chi connectivity index (χ0) is 23.4. The van der Waals surface area contributed by atoms with Crippen LogP contribution in [-0.4, -0.2) is 80.4 Å². The Labute approximate surface area is 191 Å². The van der Waals surface area contributed by atoms with E-state index in [4.69, 9.17) is 4.74 Å². The molecule has 2 amide bonds. The lowest BCUT2D eigenvalue weighted by molar-refractivity contribution is -0.130. The number of benzene rings is 1. The molecule has 4 rings (SSSR count). The molecule has 2 aromatic rings. The molecule has 0 saturated carbocycles. The topological polar surface area (TPSA) is 129 Å². The van der Waals surface area contributed by atoms with Crippen molar-refractivity contribution in [2.24, 2.45) is 0 Å².